The summed E-state index contributed by atoms with van der Waals surface area (Å²) < 4.78 is 5.31. The van der Waals surface area contributed by atoms with Crippen LogP contribution < -0.4 is 16.4 Å². The summed E-state index contributed by atoms with van der Waals surface area (Å²) in [4.78, 5) is 16.3. The average Bonchev–Trinajstić information content (AvgIpc) is 2.48. The standard InChI is InChI=1S/C14H22N4O2/c1-10(18-5-7-20-8-6-18)14(19)17(2)11-3-4-12(15)13(16)9-11/h3-4,9-10H,5-8,15-16H2,1-2H3/t10-/m0/s1. The number of carbonyl (C=O) groups excluding carboxylic acids is 1. The Morgan fingerprint density at radius 2 is 1.95 bits per heavy atom. The lowest BCUT2D eigenvalue weighted by Gasteiger charge is -2.33. The van der Waals surface area contributed by atoms with Crippen LogP contribution in [0.25, 0.3) is 0 Å². The minimum Gasteiger partial charge on any atom is -0.397 e. The van der Waals surface area contributed by atoms with Gasteiger partial charge >= 0.3 is 0 Å². The molecule has 1 aromatic rings. The Morgan fingerprint density at radius 3 is 2.55 bits per heavy atom. The van der Waals surface area contributed by atoms with Gasteiger partial charge in [0.15, 0.2) is 0 Å². The van der Waals surface area contributed by atoms with Crippen LogP contribution in [0.3, 0.4) is 0 Å². The highest BCUT2D eigenvalue weighted by Crippen LogP contribution is 2.23. The van der Waals surface area contributed by atoms with Gasteiger partial charge in [-0.2, -0.15) is 0 Å². The molecule has 0 bridgehead atoms. The lowest BCUT2D eigenvalue weighted by Crippen LogP contribution is -2.50. The van der Waals surface area contributed by atoms with Crippen LogP contribution >= 0.6 is 0 Å². The highest BCUT2D eigenvalue weighted by molar-refractivity contribution is 5.97. The van der Waals surface area contributed by atoms with Crippen molar-refractivity contribution in [1.82, 2.24) is 4.90 Å². The minimum absolute atomic E-state index is 0.0380. The maximum atomic E-state index is 12.5. The molecule has 20 heavy (non-hydrogen) atoms. The van der Waals surface area contributed by atoms with Crippen molar-refractivity contribution in [1.29, 1.82) is 0 Å². The van der Waals surface area contributed by atoms with Crippen molar-refractivity contribution >= 4 is 23.0 Å². The molecule has 0 radical (unpaired) electrons. The zero-order valence-corrected chi connectivity index (χ0v) is 12.0. The summed E-state index contributed by atoms with van der Waals surface area (Å²) in [6, 6.07) is 5.06. The van der Waals surface area contributed by atoms with E-state index < -0.39 is 0 Å². The summed E-state index contributed by atoms with van der Waals surface area (Å²) in [5.41, 5.74) is 13.2. The zero-order chi connectivity index (χ0) is 14.7. The van der Waals surface area contributed by atoms with Gasteiger partial charge in [-0.05, 0) is 25.1 Å². The third-order valence-corrected chi connectivity index (χ3v) is 3.74. The highest BCUT2D eigenvalue weighted by Gasteiger charge is 2.26. The number of nitrogens with zero attached hydrogens (tertiary/aromatic N) is 2. The normalized spacial score (nSPS) is 17.7. The number of hydrogen-bond acceptors (Lipinski definition) is 5. The van der Waals surface area contributed by atoms with Crippen LogP contribution in [0.4, 0.5) is 17.1 Å². The molecule has 6 nitrogen and oxygen atoms in total. The monoisotopic (exact) mass is 278 g/mol. The van der Waals surface area contributed by atoms with E-state index in [9.17, 15) is 4.79 Å². The summed E-state index contributed by atoms with van der Waals surface area (Å²) in [5.74, 6) is 0.0380. The number of amides is 1. The molecule has 0 aliphatic carbocycles. The van der Waals surface area contributed by atoms with Gasteiger partial charge in [0.2, 0.25) is 5.91 Å². The second-order valence-electron chi connectivity index (χ2n) is 5.03. The van der Waals surface area contributed by atoms with Crippen molar-refractivity contribution in [2.24, 2.45) is 0 Å². The molecule has 110 valence electrons. The number of rotatable bonds is 3. The van der Waals surface area contributed by atoms with E-state index in [1.165, 1.54) is 0 Å². The average molecular weight is 278 g/mol. The number of likely N-dealkylation sites (N-methyl/N-ethyl adjacent to an activating group) is 1. The van der Waals surface area contributed by atoms with Gasteiger partial charge in [0, 0.05) is 25.8 Å². The first-order valence-electron chi connectivity index (χ1n) is 6.75. The topological polar surface area (TPSA) is 84.8 Å². The number of ether oxygens (including phenoxy) is 1. The molecule has 1 amide bonds. The summed E-state index contributed by atoms with van der Waals surface area (Å²) in [6.07, 6.45) is 0. The molecule has 4 N–H and O–H groups in total. The molecule has 0 unspecified atom stereocenters. The Bertz CT molecular complexity index is 486. The minimum atomic E-state index is -0.178. The predicted octanol–water partition coefficient (Wildman–Crippen LogP) is 0.535. The molecule has 1 heterocycles. The van der Waals surface area contributed by atoms with Crippen LogP contribution in [-0.2, 0) is 9.53 Å². The molecule has 1 saturated heterocycles. The van der Waals surface area contributed by atoms with E-state index >= 15 is 0 Å². The number of nitrogen functional groups attached to an aromatic ring is 2. The summed E-state index contributed by atoms with van der Waals surface area (Å²) >= 11 is 0. The molecule has 2 rings (SSSR count). The Hall–Kier alpha value is -1.79. The predicted molar refractivity (Wildman–Crippen MR) is 80.5 cm³/mol. The van der Waals surface area contributed by atoms with Crippen molar-refractivity contribution in [3.8, 4) is 0 Å². The molecule has 1 aromatic carbocycles. The first-order chi connectivity index (χ1) is 9.50. The van der Waals surface area contributed by atoms with Gasteiger partial charge < -0.3 is 21.1 Å². The van der Waals surface area contributed by atoms with Crippen molar-refractivity contribution in [3.63, 3.8) is 0 Å². The third-order valence-electron chi connectivity index (χ3n) is 3.74. The molecule has 1 fully saturated rings. The summed E-state index contributed by atoms with van der Waals surface area (Å²) in [5, 5.41) is 0. The largest absolute Gasteiger partial charge is 0.397 e. The Morgan fingerprint density at radius 1 is 1.30 bits per heavy atom. The van der Waals surface area contributed by atoms with E-state index in [4.69, 9.17) is 16.2 Å². The number of anilines is 3. The van der Waals surface area contributed by atoms with Crippen LogP contribution in [0.1, 0.15) is 6.92 Å². The van der Waals surface area contributed by atoms with Gasteiger partial charge in [0.1, 0.15) is 0 Å². The molecular weight excluding hydrogens is 256 g/mol. The van der Waals surface area contributed by atoms with E-state index in [-0.39, 0.29) is 11.9 Å². The Kier molecular flexibility index (Phi) is 4.46. The number of morpholine rings is 1. The van der Waals surface area contributed by atoms with E-state index in [0.29, 0.717) is 24.6 Å². The summed E-state index contributed by atoms with van der Waals surface area (Å²) in [7, 11) is 1.75. The van der Waals surface area contributed by atoms with Gasteiger partial charge in [-0.15, -0.1) is 0 Å². The molecule has 1 atom stereocenters. The highest BCUT2D eigenvalue weighted by atomic mass is 16.5. The second kappa shape index (κ2) is 6.11. The SMILES string of the molecule is C[C@@H](C(=O)N(C)c1ccc(N)c(N)c1)N1CCOCC1. The first-order valence-corrected chi connectivity index (χ1v) is 6.75. The maximum Gasteiger partial charge on any atom is 0.243 e. The first kappa shape index (κ1) is 14.6. The van der Waals surface area contributed by atoms with Gasteiger partial charge in [0.25, 0.3) is 0 Å². The third kappa shape index (κ3) is 3.02. The number of hydrogen-bond donors (Lipinski definition) is 2. The van der Waals surface area contributed by atoms with Crippen molar-refractivity contribution in [2.45, 2.75) is 13.0 Å². The fraction of sp³-hybridized carbons (Fsp3) is 0.500. The van der Waals surface area contributed by atoms with Crippen molar-refractivity contribution in [3.05, 3.63) is 18.2 Å². The van der Waals surface area contributed by atoms with Gasteiger partial charge in [0.05, 0.1) is 30.6 Å². The lowest BCUT2D eigenvalue weighted by molar-refractivity contribution is -0.124. The zero-order valence-electron chi connectivity index (χ0n) is 12.0. The second-order valence-corrected chi connectivity index (χ2v) is 5.03. The fourth-order valence-electron chi connectivity index (χ4n) is 2.30. The molecule has 6 heteroatoms. The van der Waals surface area contributed by atoms with Crippen LogP contribution in [0.15, 0.2) is 18.2 Å². The van der Waals surface area contributed by atoms with E-state index in [1.54, 1.807) is 30.1 Å². The van der Waals surface area contributed by atoms with Crippen LogP contribution in [0, 0.1) is 0 Å². The summed E-state index contributed by atoms with van der Waals surface area (Å²) in [6.45, 7) is 4.84. The Labute approximate surface area is 119 Å². The molecule has 0 aromatic heterocycles. The molecule has 0 saturated carbocycles. The van der Waals surface area contributed by atoms with Gasteiger partial charge in [-0.25, -0.2) is 0 Å². The van der Waals surface area contributed by atoms with Gasteiger partial charge in [-0.3, -0.25) is 9.69 Å². The Balaban J connectivity index is 2.08. The van der Waals surface area contributed by atoms with Crippen LogP contribution in [-0.4, -0.2) is 50.2 Å². The number of benzene rings is 1. The van der Waals surface area contributed by atoms with Crippen molar-refractivity contribution < 1.29 is 9.53 Å². The molecule has 0 spiro atoms. The quantitative estimate of drug-likeness (QED) is 0.788. The van der Waals surface area contributed by atoms with Gasteiger partial charge in [-0.1, -0.05) is 0 Å². The maximum absolute atomic E-state index is 12.5. The fourth-order valence-corrected chi connectivity index (χ4v) is 2.30. The van der Waals surface area contributed by atoms with E-state index in [0.717, 1.165) is 18.8 Å². The smallest absolute Gasteiger partial charge is 0.243 e. The van der Waals surface area contributed by atoms with E-state index in [1.807, 2.05) is 6.92 Å². The van der Waals surface area contributed by atoms with Crippen molar-refractivity contribution in [2.75, 3.05) is 49.7 Å². The molecular formula is C14H22N4O2. The molecule has 1 aliphatic heterocycles. The lowest BCUT2D eigenvalue weighted by atomic mass is 10.2. The van der Waals surface area contributed by atoms with Crippen LogP contribution in [0.5, 0.6) is 0 Å². The van der Waals surface area contributed by atoms with E-state index in [2.05, 4.69) is 4.90 Å². The number of carbonyl (C=O) groups is 1. The molecule has 1 aliphatic rings. The number of nitrogens with two attached hydrogens (primary N) is 2. The van der Waals surface area contributed by atoms with Crippen LogP contribution in [0.2, 0.25) is 0 Å².